The highest BCUT2D eigenvalue weighted by Crippen LogP contribution is 2.19. The number of hydrogen-bond donors (Lipinski definition) is 0. The molecule has 0 N–H and O–H groups in total. The van der Waals surface area contributed by atoms with E-state index in [4.69, 9.17) is 4.74 Å². The highest BCUT2D eigenvalue weighted by molar-refractivity contribution is 5.79. The predicted octanol–water partition coefficient (Wildman–Crippen LogP) is 2.81. The SMILES string of the molecule is CC(C)OCCC(=O)CC(C)(C)C. The van der Waals surface area contributed by atoms with Gasteiger partial charge in [-0.1, -0.05) is 20.8 Å². The van der Waals surface area contributed by atoms with Crippen LogP contribution in [0.1, 0.15) is 47.5 Å². The molecule has 0 saturated carbocycles. The van der Waals surface area contributed by atoms with Gasteiger partial charge in [0.05, 0.1) is 12.7 Å². The number of rotatable bonds is 5. The summed E-state index contributed by atoms with van der Waals surface area (Å²) >= 11 is 0. The van der Waals surface area contributed by atoms with Gasteiger partial charge >= 0.3 is 0 Å². The summed E-state index contributed by atoms with van der Waals surface area (Å²) < 4.78 is 5.31. The fourth-order valence-electron chi connectivity index (χ4n) is 1.09. The third-order valence-electron chi connectivity index (χ3n) is 1.56. The van der Waals surface area contributed by atoms with Gasteiger partial charge in [-0.15, -0.1) is 0 Å². The Morgan fingerprint density at radius 1 is 1.31 bits per heavy atom. The van der Waals surface area contributed by atoms with Crippen LogP contribution in [0.25, 0.3) is 0 Å². The molecule has 78 valence electrons. The van der Waals surface area contributed by atoms with E-state index in [1.165, 1.54) is 0 Å². The van der Waals surface area contributed by atoms with E-state index in [1.807, 2.05) is 13.8 Å². The maximum Gasteiger partial charge on any atom is 0.135 e. The van der Waals surface area contributed by atoms with Crippen molar-refractivity contribution < 1.29 is 9.53 Å². The summed E-state index contributed by atoms with van der Waals surface area (Å²) in [6, 6.07) is 0. The van der Waals surface area contributed by atoms with E-state index in [-0.39, 0.29) is 11.5 Å². The summed E-state index contributed by atoms with van der Waals surface area (Å²) in [7, 11) is 0. The molecule has 0 atom stereocenters. The number of hydrogen-bond acceptors (Lipinski definition) is 2. The Labute approximate surface area is 81.7 Å². The molecule has 0 radical (unpaired) electrons. The van der Waals surface area contributed by atoms with E-state index in [2.05, 4.69) is 20.8 Å². The quantitative estimate of drug-likeness (QED) is 0.660. The zero-order valence-corrected chi connectivity index (χ0v) is 9.52. The molecular formula is C11H22O2. The van der Waals surface area contributed by atoms with Gasteiger partial charge in [0, 0.05) is 12.8 Å². The van der Waals surface area contributed by atoms with Gasteiger partial charge in [-0.3, -0.25) is 4.79 Å². The number of Topliss-reactive ketones (excluding diaryl/α,β-unsaturated/α-hetero) is 1. The first kappa shape index (κ1) is 12.6. The molecule has 0 unspecified atom stereocenters. The van der Waals surface area contributed by atoms with Gasteiger partial charge in [0.15, 0.2) is 0 Å². The monoisotopic (exact) mass is 186 g/mol. The van der Waals surface area contributed by atoms with Crippen LogP contribution < -0.4 is 0 Å². The van der Waals surface area contributed by atoms with Crippen molar-refractivity contribution in [3.63, 3.8) is 0 Å². The minimum atomic E-state index is 0.106. The van der Waals surface area contributed by atoms with Gasteiger partial charge < -0.3 is 4.74 Å². The number of carbonyl (C=O) groups is 1. The molecule has 0 rings (SSSR count). The maximum absolute atomic E-state index is 11.4. The third kappa shape index (κ3) is 9.54. The Bertz CT molecular complexity index is 154. The Morgan fingerprint density at radius 3 is 2.23 bits per heavy atom. The van der Waals surface area contributed by atoms with Crippen molar-refractivity contribution in [2.75, 3.05) is 6.61 Å². The van der Waals surface area contributed by atoms with E-state index in [0.717, 1.165) is 0 Å². The average Bonchev–Trinajstić information content (AvgIpc) is 1.81. The maximum atomic E-state index is 11.4. The number of carbonyl (C=O) groups excluding carboxylic acids is 1. The first-order valence-corrected chi connectivity index (χ1v) is 4.94. The van der Waals surface area contributed by atoms with Crippen molar-refractivity contribution in [2.24, 2.45) is 5.41 Å². The van der Waals surface area contributed by atoms with Crippen LogP contribution >= 0.6 is 0 Å². The fraction of sp³-hybridized carbons (Fsp3) is 0.909. The second-order valence-corrected chi connectivity index (χ2v) is 4.95. The molecule has 0 fully saturated rings. The average molecular weight is 186 g/mol. The lowest BCUT2D eigenvalue weighted by Crippen LogP contribution is -2.15. The molecule has 0 amide bonds. The normalized spacial score (nSPS) is 12.2. The summed E-state index contributed by atoms with van der Waals surface area (Å²) in [5, 5.41) is 0. The van der Waals surface area contributed by atoms with Crippen molar-refractivity contribution in [1.29, 1.82) is 0 Å². The highest BCUT2D eigenvalue weighted by Gasteiger charge is 2.15. The van der Waals surface area contributed by atoms with Gasteiger partial charge in [-0.05, 0) is 19.3 Å². The minimum Gasteiger partial charge on any atom is -0.378 e. The lowest BCUT2D eigenvalue weighted by Gasteiger charge is -2.16. The van der Waals surface area contributed by atoms with Crippen molar-refractivity contribution in [2.45, 2.75) is 53.6 Å². The summed E-state index contributed by atoms with van der Waals surface area (Å²) in [6.45, 7) is 10.8. The zero-order chi connectivity index (χ0) is 10.5. The van der Waals surface area contributed by atoms with E-state index in [1.54, 1.807) is 0 Å². The highest BCUT2D eigenvalue weighted by atomic mass is 16.5. The van der Waals surface area contributed by atoms with E-state index >= 15 is 0 Å². The van der Waals surface area contributed by atoms with Crippen LogP contribution in [0.4, 0.5) is 0 Å². The molecule has 0 aliphatic carbocycles. The van der Waals surface area contributed by atoms with Gasteiger partial charge in [0.2, 0.25) is 0 Å². The van der Waals surface area contributed by atoms with Crippen molar-refractivity contribution >= 4 is 5.78 Å². The molecule has 0 saturated heterocycles. The lowest BCUT2D eigenvalue weighted by atomic mass is 9.89. The lowest BCUT2D eigenvalue weighted by molar-refractivity contribution is -0.122. The fourth-order valence-corrected chi connectivity index (χ4v) is 1.09. The molecule has 0 aromatic heterocycles. The van der Waals surface area contributed by atoms with Crippen LogP contribution in [-0.2, 0) is 9.53 Å². The van der Waals surface area contributed by atoms with Crippen LogP contribution in [0.15, 0.2) is 0 Å². The molecule has 0 aliphatic rings. The number of ketones is 1. The molecule has 0 spiro atoms. The zero-order valence-electron chi connectivity index (χ0n) is 9.52. The van der Waals surface area contributed by atoms with Crippen LogP contribution in [0.2, 0.25) is 0 Å². The minimum absolute atomic E-state index is 0.106. The molecule has 13 heavy (non-hydrogen) atoms. The van der Waals surface area contributed by atoms with Crippen LogP contribution in [0.5, 0.6) is 0 Å². The first-order valence-electron chi connectivity index (χ1n) is 4.94. The van der Waals surface area contributed by atoms with E-state index in [9.17, 15) is 4.79 Å². The topological polar surface area (TPSA) is 26.3 Å². The Morgan fingerprint density at radius 2 is 1.85 bits per heavy atom. The first-order chi connectivity index (χ1) is 5.81. The standard InChI is InChI=1S/C11H22O2/c1-9(2)13-7-6-10(12)8-11(3,4)5/h9H,6-8H2,1-5H3. The molecular weight excluding hydrogens is 164 g/mol. The van der Waals surface area contributed by atoms with Gasteiger partial charge in [0.25, 0.3) is 0 Å². The smallest absolute Gasteiger partial charge is 0.135 e. The molecule has 0 aromatic rings. The predicted molar refractivity (Wildman–Crippen MR) is 54.8 cm³/mol. The van der Waals surface area contributed by atoms with Crippen molar-refractivity contribution in [1.82, 2.24) is 0 Å². The van der Waals surface area contributed by atoms with Gasteiger partial charge in [-0.25, -0.2) is 0 Å². The second-order valence-electron chi connectivity index (χ2n) is 4.95. The van der Waals surface area contributed by atoms with Gasteiger partial charge in [-0.2, -0.15) is 0 Å². The Kier molecular flexibility index (Phi) is 5.23. The van der Waals surface area contributed by atoms with E-state index in [0.29, 0.717) is 25.2 Å². The number of ether oxygens (including phenoxy) is 1. The van der Waals surface area contributed by atoms with Crippen LogP contribution in [-0.4, -0.2) is 18.5 Å². The Balaban J connectivity index is 3.53. The summed E-state index contributed by atoms with van der Waals surface area (Å²) in [4.78, 5) is 11.4. The molecule has 2 heteroatoms. The largest absolute Gasteiger partial charge is 0.378 e. The Hall–Kier alpha value is -0.370. The van der Waals surface area contributed by atoms with Crippen LogP contribution in [0, 0.1) is 5.41 Å². The molecule has 2 nitrogen and oxygen atoms in total. The van der Waals surface area contributed by atoms with E-state index < -0.39 is 0 Å². The molecule has 0 bridgehead atoms. The summed E-state index contributed by atoms with van der Waals surface area (Å²) in [5.74, 6) is 0.299. The molecule has 0 heterocycles. The summed E-state index contributed by atoms with van der Waals surface area (Å²) in [5.41, 5.74) is 0.106. The van der Waals surface area contributed by atoms with Crippen molar-refractivity contribution in [3.05, 3.63) is 0 Å². The third-order valence-corrected chi connectivity index (χ3v) is 1.56. The van der Waals surface area contributed by atoms with Crippen molar-refractivity contribution in [3.8, 4) is 0 Å². The van der Waals surface area contributed by atoms with Crippen LogP contribution in [0.3, 0.4) is 0 Å². The summed E-state index contributed by atoms with van der Waals surface area (Å²) in [6.07, 6.45) is 1.42. The molecule has 0 aromatic carbocycles. The van der Waals surface area contributed by atoms with Gasteiger partial charge in [0.1, 0.15) is 5.78 Å². The second kappa shape index (κ2) is 5.38. The molecule has 0 aliphatic heterocycles.